The second-order valence-corrected chi connectivity index (χ2v) is 5.36. The average Bonchev–Trinajstić information content (AvgIpc) is 2.75. The molecule has 0 bridgehead atoms. The van der Waals surface area contributed by atoms with E-state index >= 15 is 0 Å². The number of carbonyl (C=O) groups is 1. The highest BCUT2D eigenvalue weighted by Gasteiger charge is 2.19. The van der Waals surface area contributed by atoms with Crippen molar-refractivity contribution in [3.8, 4) is 0 Å². The van der Waals surface area contributed by atoms with Gasteiger partial charge in [-0.25, -0.2) is 4.79 Å². The van der Waals surface area contributed by atoms with Crippen LogP contribution in [0.15, 0.2) is 28.7 Å². The van der Waals surface area contributed by atoms with Crippen molar-refractivity contribution in [2.75, 3.05) is 12.0 Å². The van der Waals surface area contributed by atoms with Crippen molar-refractivity contribution in [3.05, 3.63) is 35.6 Å². The fraction of sp³-hybridized carbons (Fsp3) is 0.357. The van der Waals surface area contributed by atoms with E-state index in [0.717, 1.165) is 16.7 Å². The van der Waals surface area contributed by atoms with Crippen LogP contribution in [0.4, 0.5) is 0 Å². The summed E-state index contributed by atoms with van der Waals surface area (Å²) < 4.78 is 5.41. The molecule has 0 aliphatic rings. The van der Waals surface area contributed by atoms with Crippen LogP contribution in [0.1, 0.15) is 23.0 Å². The van der Waals surface area contributed by atoms with Crippen LogP contribution in [-0.4, -0.2) is 29.1 Å². The van der Waals surface area contributed by atoms with Crippen molar-refractivity contribution in [1.29, 1.82) is 0 Å². The molecule has 1 aromatic carbocycles. The lowest BCUT2D eigenvalue weighted by Gasteiger charge is -2.11. The molecule has 0 saturated heterocycles. The first-order valence-electron chi connectivity index (χ1n) is 6.09. The van der Waals surface area contributed by atoms with Crippen LogP contribution in [0.25, 0.3) is 11.0 Å². The summed E-state index contributed by atoms with van der Waals surface area (Å²) >= 11 is 1.76. The predicted molar refractivity (Wildman–Crippen MR) is 77.9 cm³/mol. The lowest BCUT2D eigenvalue weighted by molar-refractivity contribution is 0.0663. The Labute approximate surface area is 116 Å². The smallest absolute Gasteiger partial charge is 0.372 e. The van der Waals surface area contributed by atoms with Crippen molar-refractivity contribution in [2.24, 2.45) is 0 Å². The zero-order chi connectivity index (χ0) is 13.8. The largest absolute Gasteiger partial charge is 0.475 e. The van der Waals surface area contributed by atoms with Gasteiger partial charge in [0.2, 0.25) is 5.76 Å². The third-order valence-electron chi connectivity index (χ3n) is 2.94. The maximum atomic E-state index is 11.2. The minimum atomic E-state index is -1.02. The molecule has 1 atom stereocenters. The number of rotatable bonds is 6. The molecule has 1 aromatic heterocycles. The molecule has 4 nitrogen and oxygen atoms in total. The molecule has 0 fully saturated rings. The minimum absolute atomic E-state index is 0.0325. The number of thioether (sulfide) groups is 1. The number of fused-ring (bicyclic) bond motifs is 1. The molecule has 0 saturated carbocycles. The monoisotopic (exact) mass is 279 g/mol. The molecule has 0 amide bonds. The van der Waals surface area contributed by atoms with E-state index in [1.807, 2.05) is 24.5 Å². The first-order valence-corrected chi connectivity index (χ1v) is 7.49. The van der Waals surface area contributed by atoms with Crippen LogP contribution >= 0.6 is 11.8 Å². The number of nitrogens with one attached hydrogen (secondary N) is 1. The molecule has 102 valence electrons. The molecule has 1 unspecified atom stereocenters. The normalized spacial score (nSPS) is 12.7. The maximum Gasteiger partial charge on any atom is 0.372 e. The Bertz CT molecular complexity index is 579. The van der Waals surface area contributed by atoms with Crippen molar-refractivity contribution >= 4 is 28.7 Å². The standard InChI is InChI=1S/C14H17NO3S/c1-9(8-19-2)15-7-11-10-5-3-4-6-12(10)18-13(11)14(16)17/h3-6,9,15H,7-8H2,1-2H3,(H,16,17). The summed E-state index contributed by atoms with van der Waals surface area (Å²) in [6.07, 6.45) is 2.05. The zero-order valence-corrected chi connectivity index (χ0v) is 11.8. The van der Waals surface area contributed by atoms with Gasteiger partial charge in [0, 0.05) is 29.3 Å². The maximum absolute atomic E-state index is 11.2. The number of hydrogen-bond donors (Lipinski definition) is 2. The molecular formula is C14H17NO3S. The molecule has 1 heterocycles. The first-order chi connectivity index (χ1) is 9.13. The highest BCUT2D eigenvalue weighted by atomic mass is 32.2. The Balaban J connectivity index is 2.29. The second kappa shape index (κ2) is 6.12. The van der Waals surface area contributed by atoms with E-state index in [-0.39, 0.29) is 5.76 Å². The Kier molecular flexibility index (Phi) is 4.50. The van der Waals surface area contributed by atoms with Gasteiger partial charge in [-0.2, -0.15) is 11.8 Å². The number of aromatic carboxylic acids is 1. The van der Waals surface area contributed by atoms with E-state index in [0.29, 0.717) is 18.2 Å². The van der Waals surface area contributed by atoms with Gasteiger partial charge in [0.25, 0.3) is 0 Å². The van der Waals surface area contributed by atoms with Gasteiger partial charge in [-0.05, 0) is 19.2 Å². The van der Waals surface area contributed by atoms with Crippen molar-refractivity contribution in [2.45, 2.75) is 19.5 Å². The van der Waals surface area contributed by atoms with E-state index in [2.05, 4.69) is 12.2 Å². The van der Waals surface area contributed by atoms with E-state index in [1.165, 1.54) is 0 Å². The molecule has 2 rings (SSSR count). The van der Waals surface area contributed by atoms with Crippen LogP contribution < -0.4 is 5.32 Å². The third-order valence-corrected chi connectivity index (χ3v) is 3.77. The number of hydrogen-bond acceptors (Lipinski definition) is 4. The van der Waals surface area contributed by atoms with Gasteiger partial charge in [-0.1, -0.05) is 18.2 Å². The van der Waals surface area contributed by atoms with E-state index in [4.69, 9.17) is 4.42 Å². The summed E-state index contributed by atoms with van der Waals surface area (Å²) in [4.78, 5) is 11.2. The topological polar surface area (TPSA) is 62.5 Å². The molecular weight excluding hydrogens is 262 g/mol. The Morgan fingerprint density at radius 2 is 2.21 bits per heavy atom. The minimum Gasteiger partial charge on any atom is -0.475 e. The van der Waals surface area contributed by atoms with Gasteiger partial charge in [-0.15, -0.1) is 0 Å². The molecule has 0 spiro atoms. The SMILES string of the molecule is CSCC(C)NCc1c(C(=O)O)oc2ccccc12. The number of carboxylic acids is 1. The fourth-order valence-electron chi connectivity index (χ4n) is 2.03. The van der Waals surface area contributed by atoms with E-state index in [1.54, 1.807) is 17.8 Å². The van der Waals surface area contributed by atoms with Crippen molar-refractivity contribution < 1.29 is 14.3 Å². The van der Waals surface area contributed by atoms with Crippen molar-refractivity contribution in [3.63, 3.8) is 0 Å². The highest BCUT2D eigenvalue weighted by Crippen LogP contribution is 2.25. The van der Waals surface area contributed by atoms with Crippen LogP contribution in [0.5, 0.6) is 0 Å². The Morgan fingerprint density at radius 1 is 1.47 bits per heavy atom. The molecule has 0 aliphatic carbocycles. The lowest BCUT2D eigenvalue weighted by atomic mass is 10.1. The van der Waals surface area contributed by atoms with Gasteiger partial charge >= 0.3 is 5.97 Å². The van der Waals surface area contributed by atoms with Gasteiger partial charge in [0.05, 0.1) is 0 Å². The number of carboxylic acid groups (broad SMARTS) is 1. The first kappa shape index (κ1) is 14.0. The van der Waals surface area contributed by atoms with Crippen LogP contribution in [0.3, 0.4) is 0 Å². The molecule has 5 heteroatoms. The van der Waals surface area contributed by atoms with Crippen LogP contribution in [0, 0.1) is 0 Å². The Morgan fingerprint density at radius 3 is 2.89 bits per heavy atom. The summed E-state index contributed by atoms with van der Waals surface area (Å²) in [6.45, 7) is 2.58. The molecule has 19 heavy (non-hydrogen) atoms. The summed E-state index contributed by atoms with van der Waals surface area (Å²) in [5, 5.41) is 13.4. The summed E-state index contributed by atoms with van der Waals surface area (Å²) in [7, 11) is 0. The lowest BCUT2D eigenvalue weighted by Crippen LogP contribution is -2.28. The van der Waals surface area contributed by atoms with E-state index < -0.39 is 5.97 Å². The van der Waals surface area contributed by atoms with Gasteiger partial charge in [-0.3, -0.25) is 0 Å². The van der Waals surface area contributed by atoms with Gasteiger partial charge in [0.1, 0.15) is 5.58 Å². The van der Waals surface area contributed by atoms with Gasteiger partial charge in [0.15, 0.2) is 0 Å². The average molecular weight is 279 g/mol. The summed E-state index contributed by atoms with van der Waals surface area (Å²) in [6, 6.07) is 7.73. The predicted octanol–water partition coefficient (Wildman–Crippen LogP) is 2.97. The fourth-order valence-corrected chi connectivity index (χ4v) is 2.65. The summed E-state index contributed by atoms with van der Waals surface area (Å²) in [5.41, 5.74) is 1.34. The number of para-hydroxylation sites is 1. The quantitative estimate of drug-likeness (QED) is 0.851. The van der Waals surface area contributed by atoms with Crippen LogP contribution in [0.2, 0.25) is 0 Å². The second-order valence-electron chi connectivity index (χ2n) is 4.45. The van der Waals surface area contributed by atoms with Crippen molar-refractivity contribution in [1.82, 2.24) is 5.32 Å². The van der Waals surface area contributed by atoms with Crippen LogP contribution in [-0.2, 0) is 6.54 Å². The molecule has 2 aromatic rings. The van der Waals surface area contributed by atoms with E-state index in [9.17, 15) is 9.90 Å². The number of furan rings is 1. The number of benzene rings is 1. The van der Waals surface area contributed by atoms with Gasteiger partial charge < -0.3 is 14.8 Å². The molecule has 0 aliphatic heterocycles. The molecule has 2 N–H and O–H groups in total. The molecule has 0 radical (unpaired) electrons. The summed E-state index contributed by atoms with van der Waals surface area (Å²) in [5.74, 6) is -0.00590. The Hall–Kier alpha value is -1.46. The zero-order valence-electron chi connectivity index (χ0n) is 11.0. The highest BCUT2D eigenvalue weighted by molar-refractivity contribution is 7.98. The third kappa shape index (κ3) is 3.11.